The Hall–Kier alpha value is -2.28. The summed E-state index contributed by atoms with van der Waals surface area (Å²) >= 11 is 0. The number of carbonyl (C=O) groups is 1. The normalized spacial score (nSPS) is 17.1. The Kier molecular flexibility index (Phi) is 4.89. The Morgan fingerprint density at radius 1 is 1.17 bits per heavy atom. The maximum atomic E-state index is 10.8. The molecule has 1 aromatic heterocycles. The van der Waals surface area contributed by atoms with Crippen molar-refractivity contribution in [2.75, 3.05) is 6.54 Å². The number of hydrogen-bond acceptors (Lipinski definition) is 5. The van der Waals surface area contributed by atoms with Crippen molar-refractivity contribution >= 4 is 5.97 Å². The van der Waals surface area contributed by atoms with Gasteiger partial charge in [-0.05, 0) is 17.2 Å². The first-order valence-corrected chi connectivity index (χ1v) is 7.88. The zero-order valence-electron chi connectivity index (χ0n) is 13.2. The molecule has 3 rings (SSSR count). The summed E-state index contributed by atoms with van der Waals surface area (Å²) in [6.45, 7) is 2.47. The van der Waals surface area contributed by atoms with E-state index < -0.39 is 18.2 Å². The van der Waals surface area contributed by atoms with Gasteiger partial charge < -0.3 is 15.3 Å². The van der Waals surface area contributed by atoms with E-state index in [2.05, 4.69) is 22.0 Å². The molecule has 6 heteroatoms. The molecule has 2 heterocycles. The molecule has 3 N–H and O–H groups in total. The minimum Gasteiger partial charge on any atom is -0.479 e. The summed E-state index contributed by atoms with van der Waals surface area (Å²) < 4.78 is 0. The number of carboxylic acid groups (broad SMARTS) is 1. The quantitative estimate of drug-likeness (QED) is 0.761. The molecule has 0 fully saturated rings. The van der Waals surface area contributed by atoms with Crippen LogP contribution in [0.1, 0.15) is 28.6 Å². The number of hydrogen-bond donors (Lipinski definition) is 3. The van der Waals surface area contributed by atoms with Gasteiger partial charge in [-0.1, -0.05) is 36.4 Å². The first kappa shape index (κ1) is 16.6. The van der Waals surface area contributed by atoms with Gasteiger partial charge in [0.15, 0.2) is 6.10 Å². The summed E-state index contributed by atoms with van der Waals surface area (Å²) in [5, 5.41) is 28.1. The van der Waals surface area contributed by atoms with Crippen LogP contribution in [-0.4, -0.2) is 43.8 Å². The van der Waals surface area contributed by atoms with Crippen LogP contribution < -0.4 is 0 Å². The second kappa shape index (κ2) is 7.09. The first-order chi connectivity index (χ1) is 11.5. The molecule has 1 aromatic carbocycles. The molecule has 0 saturated carbocycles. The minimum absolute atomic E-state index is 0.195. The Balaban J connectivity index is 1.71. The Labute approximate surface area is 140 Å². The summed E-state index contributed by atoms with van der Waals surface area (Å²) in [7, 11) is 0. The lowest BCUT2D eigenvalue weighted by atomic mass is 10.0. The van der Waals surface area contributed by atoms with Crippen LogP contribution in [0.2, 0.25) is 0 Å². The van der Waals surface area contributed by atoms with E-state index in [1.165, 1.54) is 5.56 Å². The van der Waals surface area contributed by atoms with E-state index in [9.17, 15) is 15.0 Å². The number of benzene rings is 1. The highest BCUT2D eigenvalue weighted by atomic mass is 16.4. The molecule has 6 nitrogen and oxygen atoms in total. The predicted octanol–water partition coefficient (Wildman–Crippen LogP) is 1.12. The average molecular weight is 328 g/mol. The lowest BCUT2D eigenvalue weighted by Crippen LogP contribution is -2.32. The third-order valence-corrected chi connectivity index (χ3v) is 4.25. The molecule has 0 aliphatic carbocycles. The standard InChI is InChI=1S/C18H20N2O4/c21-16(17(22)18(23)24)15-7-6-13-11-20(9-8-14(13)19-15)10-12-4-2-1-3-5-12/h1-7,16-17,21-22H,8-11H2,(H,23,24)/t16-,17-/m1/s1. The number of nitrogens with zero attached hydrogens (tertiary/aromatic N) is 2. The molecule has 2 aromatic rings. The highest BCUT2D eigenvalue weighted by Crippen LogP contribution is 2.23. The van der Waals surface area contributed by atoms with E-state index in [-0.39, 0.29) is 5.69 Å². The van der Waals surface area contributed by atoms with Gasteiger partial charge in [0.05, 0.1) is 5.69 Å². The molecule has 0 unspecified atom stereocenters. The predicted molar refractivity (Wildman–Crippen MR) is 87.1 cm³/mol. The van der Waals surface area contributed by atoms with Crippen molar-refractivity contribution in [3.05, 3.63) is 65.0 Å². The van der Waals surface area contributed by atoms with Crippen LogP contribution in [0, 0.1) is 0 Å². The molecule has 0 saturated heterocycles. The first-order valence-electron chi connectivity index (χ1n) is 7.88. The van der Waals surface area contributed by atoms with Crippen molar-refractivity contribution in [2.45, 2.75) is 31.7 Å². The number of carboxylic acids is 1. The maximum absolute atomic E-state index is 10.8. The maximum Gasteiger partial charge on any atom is 0.335 e. The van der Waals surface area contributed by atoms with Gasteiger partial charge in [0.2, 0.25) is 0 Å². The van der Waals surface area contributed by atoms with Gasteiger partial charge in [-0.25, -0.2) is 4.79 Å². The molecule has 126 valence electrons. The van der Waals surface area contributed by atoms with Crippen LogP contribution in [0.15, 0.2) is 42.5 Å². The molecule has 24 heavy (non-hydrogen) atoms. The van der Waals surface area contributed by atoms with Crippen molar-refractivity contribution < 1.29 is 20.1 Å². The number of aliphatic hydroxyl groups is 2. The third kappa shape index (κ3) is 3.62. The second-order valence-electron chi connectivity index (χ2n) is 6.02. The van der Waals surface area contributed by atoms with E-state index in [1.54, 1.807) is 6.07 Å². The highest BCUT2D eigenvalue weighted by Gasteiger charge is 2.27. The number of fused-ring (bicyclic) bond motifs is 1. The molecule has 0 amide bonds. The van der Waals surface area contributed by atoms with Gasteiger partial charge in [0, 0.05) is 31.7 Å². The fraction of sp³-hybridized carbons (Fsp3) is 0.333. The van der Waals surface area contributed by atoms with Crippen LogP contribution in [-0.2, 0) is 24.3 Å². The van der Waals surface area contributed by atoms with Gasteiger partial charge >= 0.3 is 5.97 Å². The molecule has 1 aliphatic heterocycles. The third-order valence-electron chi connectivity index (χ3n) is 4.25. The molecule has 0 radical (unpaired) electrons. The fourth-order valence-corrected chi connectivity index (χ4v) is 2.93. The molecule has 0 bridgehead atoms. The highest BCUT2D eigenvalue weighted by molar-refractivity contribution is 5.72. The number of aliphatic carboxylic acids is 1. The van der Waals surface area contributed by atoms with Crippen molar-refractivity contribution in [3.63, 3.8) is 0 Å². The molecular weight excluding hydrogens is 308 g/mol. The zero-order valence-corrected chi connectivity index (χ0v) is 13.2. The summed E-state index contributed by atoms with van der Waals surface area (Å²) in [5.41, 5.74) is 3.37. The van der Waals surface area contributed by atoms with Gasteiger partial charge in [-0.3, -0.25) is 9.88 Å². The lowest BCUT2D eigenvalue weighted by Gasteiger charge is -2.28. The van der Waals surface area contributed by atoms with Crippen LogP contribution in [0.25, 0.3) is 0 Å². The van der Waals surface area contributed by atoms with Gasteiger partial charge in [0.1, 0.15) is 6.10 Å². The summed E-state index contributed by atoms with van der Waals surface area (Å²) in [6, 6.07) is 13.7. The van der Waals surface area contributed by atoms with E-state index in [0.29, 0.717) is 0 Å². The van der Waals surface area contributed by atoms with Crippen molar-refractivity contribution in [3.8, 4) is 0 Å². The second-order valence-corrected chi connectivity index (χ2v) is 6.02. The molecule has 2 atom stereocenters. The van der Waals surface area contributed by atoms with Crippen molar-refractivity contribution in [1.82, 2.24) is 9.88 Å². The van der Waals surface area contributed by atoms with Crippen LogP contribution in [0.5, 0.6) is 0 Å². The van der Waals surface area contributed by atoms with Crippen LogP contribution in [0.3, 0.4) is 0 Å². The van der Waals surface area contributed by atoms with E-state index in [0.717, 1.165) is 37.3 Å². The summed E-state index contributed by atoms with van der Waals surface area (Å²) in [5.74, 6) is -1.46. The monoisotopic (exact) mass is 328 g/mol. The number of aliphatic hydroxyl groups excluding tert-OH is 2. The Morgan fingerprint density at radius 3 is 2.62 bits per heavy atom. The van der Waals surface area contributed by atoms with Crippen molar-refractivity contribution in [2.24, 2.45) is 0 Å². The number of aromatic nitrogens is 1. The number of rotatable bonds is 5. The smallest absolute Gasteiger partial charge is 0.335 e. The van der Waals surface area contributed by atoms with Gasteiger partial charge in [-0.15, -0.1) is 0 Å². The summed E-state index contributed by atoms with van der Waals surface area (Å²) in [6.07, 6.45) is -2.66. The molecule has 1 aliphatic rings. The lowest BCUT2D eigenvalue weighted by molar-refractivity contribution is -0.153. The SMILES string of the molecule is O=C(O)[C@H](O)[C@H](O)c1ccc2c(n1)CCN(Cc1ccccc1)C2. The van der Waals surface area contributed by atoms with Gasteiger partial charge in [-0.2, -0.15) is 0 Å². The minimum atomic E-state index is -1.87. The zero-order chi connectivity index (χ0) is 17.1. The topological polar surface area (TPSA) is 93.9 Å². The van der Waals surface area contributed by atoms with E-state index in [1.807, 2.05) is 24.3 Å². The largest absolute Gasteiger partial charge is 0.479 e. The fourth-order valence-electron chi connectivity index (χ4n) is 2.93. The van der Waals surface area contributed by atoms with E-state index >= 15 is 0 Å². The Morgan fingerprint density at radius 2 is 1.92 bits per heavy atom. The Bertz CT molecular complexity index is 720. The van der Waals surface area contributed by atoms with Crippen LogP contribution in [0.4, 0.5) is 0 Å². The summed E-state index contributed by atoms with van der Waals surface area (Å²) in [4.78, 5) is 17.5. The average Bonchev–Trinajstić information content (AvgIpc) is 2.60. The van der Waals surface area contributed by atoms with Crippen molar-refractivity contribution in [1.29, 1.82) is 0 Å². The number of pyridine rings is 1. The molecule has 0 spiro atoms. The van der Waals surface area contributed by atoms with Gasteiger partial charge in [0.25, 0.3) is 0 Å². The van der Waals surface area contributed by atoms with E-state index in [4.69, 9.17) is 5.11 Å². The molecular formula is C18H20N2O4. The van der Waals surface area contributed by atoms with Crippen LogP contribution >= 0.6 is 0 Å².